The maximum absolute atomic E-state index is 14.5. The van der Waals surface area contributed by atoms with Gasteiger partial charge in [-0.25, -0.2) is 17.8 Å². The molecule has 3 amide bonds. The third-order valence-corrected chi connectivity index (χ3v) is 13.6. The van der Waals surface area contributed by atoms with Crippen molar-refractivity contribution < 1.29 is 36.7 Å². The number of fused-ring (bicyclic) bond motifs is 3. The monoisotopic (exact) mass is 739 g/mol. The highest BCUT2D eigenvalue weighted by Crippen LogP contribution is 2.47. The molecular weight excluding hydrogens is 698 g/mol. The van der Waals surface area contributed by atoms with Gasteiger partial charge in [0.15, 0.2) is 0 Å². The summed E-state index contributed by atoms with van der Waals surface area (Å²) in [6.07, 6.45) is 8.00. The Bertz CT molecular complexity index is 1980. The second-order valence-electron chi connectivity index (χ2n) is 14.2. The van der Waals surface area contributed by atoms with Crippen LogP contribution in [0.2, 0.25) is 0 Å². The Hall–Kier alpha value is -4.24. The fourth-order valence-electron chi connectivity index (χ4n) is 6.93. The van der Waals surface area contributed by atoms with E-state index in [1.165, 1.54) is 28.4 Å². The topological polar surface area (TPSA) is 156 Å². The highest BCUT2D eigenvalue weighted by atomic mass is 32.2. The van der Waals surface area contributed by atoms with Crippen LogP contribution in [0.15, 0.2) is 54.6 Å². The first-order valence-electron chi connectivity index (χ1n) is 17.4. The lowest BCUT2D eigenvalue weighted by molar-refractivity contribution is -0.140. The predicted octanol–water partition coefficient (Wildman–Crippen LogP) is 4.67. The van der Waals surface area contributed by atoms with Crippen LogP contribution in [0.25, 0.3) is 10.2 Å². The Morgan fingerprint density at radius 1 is 1.14 bits per heavy atom. The molecule has 4 aliphatic rings. The van der Waals surface area contributed by atoms with E-state index >= 15 is 0 Å². The summed E-state index contributed by atoms with van der Waals surface area (Å²) in [5.74, 6) is -1.90. The van der Waals surface area contributed by atoms with Crippen LogP contribution in [-0.4, -0.2) is 78.2 Å². The van der Waals surface area contributed by atoms with Crippen LogP contribution in [0.4, 0.5) is 10.1 Å². The highest BCUT2D eigenvalue weighted by Gasteiger charge is 2.63. The Balaban J connectivity index is 1.18. The third kappa shape index (κ3) is 7.27. The van der Waals surface area contributed by atoms with Gasteiger partial charge in [0, 0.05) is 18.0 Å². The van der Waals surface area contributed by atoms with Crippen LogP contribution in [0.3, 0.4) is 0 Å². The zero-order valence-electron chi connectivity index (χ0n) is 28.5. The number of carbonyl (C=O) groups excluding carboxylic acids is 3. The molecule has 2 aromatic carbocycles. The Labute approximate surface area is 300 Å². The quantitative estimate of drug-likeness (QED) is 0.280. The van der Waals surface area contributed by atoms with Gasteiger partial charge in [-0.1, -0.05) is 42.4 Å². The van der Waals surface area contributed by atoms with Gasteiger partial charge in [-0.15, -0.1) is 0 Å². The smallest absolute Gasteiger partial charge is 0.274 e. The number of hydrogen-bond acceptors (Lipinski definition) is 10. The van der Waals surface area contributed by atoms with Gasteiger partial charge in [0.1, 0.15) is 35.3 Å². The first kappa shape index (κ1) is 35.2. The fourth-order valence-corrected chi connectivity index (χ4v) is 9.15. The van der Waals surface area contributed by atoms with Crippen LogP contribution < -0.4 is 24.8 Å². The average molecular weight is 740 g/mol. The maximum Gasteiger partial charge on any atom is 0.274 e. The van der Waals surface area contributed by atoms with E-state index in [1.807, 2.05) is 24.3 Å². The van der Waals surface area contributed by atoms with E-state index in [-0.39, 0.29) is 25.3 Å². The number of ether oxygens (including phenoxy) is 2. The van der Waals surface area contributed by atoms with Gasteiger partial charge in [0.25, 0.3) is 11.1 Å². The number of rotatable bonds is 8. The minimum Gasteiger partial charge on any atom is -0.497 e. The van der Waals surface area contributed by atoms with E-state index in [0.29, 0.717) is 47.8 Å². The van der Waals surface area contributed by atoms with Crippen LogP contribution in [0.5, 0.6) is 10.9 Å². The van der Waals surface area contributed by atoms with Crippen LogP contribution >= 0.6 is 11.3 Å². The van der Waals surface area contributed by atoms with E-state index < -0.39 is 62.0 Å². The zero-order chi connectivity index (χ0) is 36.0. The highest BCUT2D eigenvalue weighted by molar-refractivity contribution is 7.91. The number of hydrogen-bond donors (Lipinski definition) is 3. The van der Waals surface area contributed by atoms with Gasteiger partial charge in [0.2, 0.25) is 21.8 Å². The molecule has 2 aliphatic carbocycles. The molecule has 0 bridgehead atoms. The third-order valence-electron chi connectivity index (χ3n) is 10.5. The molecule has 51 heavy (non-hydrogen) atoms. The summed E-state index contributed by atoms with van der Waals surface area (Å²) >= 11 is 1.32. The van der Waals surface area contributed by atoms with Crippen molar-refractivity contribution in [1.29, 1.82) is 0 Å². The van der Waals surface area contributed by atoms with Crippen LogP contribution in [0.1, 0.15) is 64.7 Å². The van der Waals surface area contributed by atoms with Gasteiger partial charge in [-0.3, -0.25) is 19.1 Å². The molecule has 3 heterocycles. The van der Waals surface area contributed by atoms with Gasteiger partial charge in [0.05, 0.1) is 28.6 Å². The largest absolute Gasteiger partial charge is 0.497 e. The first-order valence-corrected chi connectivity index (χ1v) is 19.7. The standard InChI is InChI=1S/C36H42FN5O7S2/c1-35(15-16-35)51(46,47)41-33(45)36-20-22(36)9-6-4-3-5-7-12-28(38-24-11-8-10-23(37)17-24)32(44)42-21-26(18-29(42)31(43)40-36)49-34-39-27-14-13-25(48-2)19-30(27)50-34/h6,8-11,13-14,17,19,22,26,28-29,38H,3-5,7,12,15-16,18,20-21H2,1-2H3,(H,40,43)(H,41,45)/b9-6-/t22-,26+,28-,29-,36+/m0/s1. The molecule has 3 N–H and O–H groups in total. The van der Waals surface area contributed by atoms with Gasteiger partial charge in [-0.2, -0.15) is 0 Å². The van der Waals surface area contributed by atoms with E-state index in [9.17, 15) is 27.2 Å². The summed E-state index contributed by atoms with van der Waals surface area (Å²) in [6.45, 7) is 1.66. The Morgan fingerprint density at radius 3 is 2.73 bits per heavy atom. The van der Waals surface area contributed by atoms with Crippen molar-refractivity contribution in [2.45, 2.75) is 93.2 Å². The predicted molar refractivity (Wildman–Crippen MR) is 190 cm³/mol. The van der Waals surface area contributed by atoms with Gasteiger partial charge >= 0.3 is 0 Å². The van der Waals surface area contributed by atoms with E-state index in [0.717, 1.165) is 24.0 Å². The molecule has 2 aliphatic heterocycles. The average Bonchev–Trinajstić information content (AvgIpc) is 3.91. The Morgan fingerprint density at radius 2 is 1.96 bits per heavy atom. The summed E-state index contributed by atoms with van der Waals surface area (Å²) in [7, 11) is -2.38. The fraction of sp³-hybridized carbons (Fsp3) is 0.500. The zero-order valence-corrected chi connectivity index (χ0v) is 30.2. The number of aromatic nitrogens is 1. The molecule has 7 rings (SSSR count). The van der Waals surface area contributed by atoms with E-state index in [1.54, 1.807) is 32.2 Å². The number of nitrogens with one attached hydrogen (secondary N) is 3. The van der Waals surface area contributed by atoms with Crippen molar-refractivity contribution in [2.24, 2.45) is 5.92 Å². The number of carbonyl (C=O) groups is 3. The number of allylic oxidation sites excluding steroid dienone is 1. The molecule has 15 heteroatoms. The summed E-state index contributed by atoms with van der Waals surface area (Å²) in [5, 5.41) is 6.47. The molecule has 0 radical (unpaired) electrons. The summed E-state index contributed by atoms with van der Waals surface area (Å²) in [6, 6.07) is 9.56. The number of thiazole rings is 1. The first-order chi connectivity index (χ1) is 24.4. The number of nitrogens with zero attached hydrogens (tertiary/aromatic N) is 2. The molecule has 3 aromatic rings. The molecule has 5 atom stereocenters. The molecule has 1 saturated heterocycles. The van der Waals surface area contributed by atoms with Crippen molar-refractivity contribution in [2.75, 3.05) is 19.0 Å². The molecule has 3 fully saturated rings. The number of anilines is 1. The number of sulfonamides is 1. The number of halogens is 1. The molecule has 272 valence electrons. The van der Waals surface area contributed by atoms with Crippen molar-refractivity contribution in [3.8, 4) is 10.9 Å². The second kappa shape index (κ2) is 13.7. The summed E-state index contributed by atoms with van der Waals surface area (Å²) in [5.41, 5.74) is -0.327. The second-order valence-corrected chi connectivity index (χ2v) is 17.4. The number of benzene rings is 2. The molecule has 0 spiro atoms. The lowest BCUT2D eigenvalue weighted by Crippen LogP contribution is -2.58. The maximum atomic E-state index is 14.5. The molecule has 2 saturated carbocycles. The lowest BCUT2D eigenvalue weighted by atomic mass is 10.0. The normalized spacial score (nSPS) is 28.3. The number of methoxy groups -OCH3 is 1. The molecule has 1 aromatic heterocycles. The van der Waals surface area contributed by atoms with E-state index in [2.05, 4.69) is 20.3 Å². The van der Waals surface area contributed by atoms with Gasteiger partial charge < -0.3 is 25.0 Å². The lowest BCUT2D eigenvalue weighted by Gasteiger charge is -2.30. The summed E-state index contributed by atoms with van der Waals surface area (Å²) < 4.78 is 54.1. The van der Waals surface area contributed by atoms with Crippen molar-refractivity contribution in [3.63, 3.8) is 0 Å². The Kier molecular flexibility index (Phi) is 9.46. The van der Waals surface area contributed by atoms with Crippen LogP contribution in [0, 0.1) is 11.7 Å². The minimum absolute atomic E-state index is 0.0623. The van der Waals surface area contributed by atoms with E-state index in [4.69, 9.17) is 9.47 Å². The van der Waals surface area contributed by atoms with Gasteiger partial charge in [-0.05, 0) is 81.8 Å². The minimum atomic E-state index is -3.96. The van der Waals surface area contributed by atoms with Crippen molar-refractivity contribution >= 4 is 55.0 Å². The van der Waals surface area contributed by atoms with Crippen molar-refractivity contribution in [3.05, 3.63) is 60.4 Å². The summed E-state index contributed by atoms with van der Waals surface area (Å²) in [4.78, 5) is 48.6. The molecular formula is C36H42FN5O7S2. The molecule has 0 unspecified atom stereocenters. The molecule has 12 nitrogen and oxygen atoms in total. The SMILES string of the molecule is COc1ccc2nc(O[C@@H]3C[C@H]4C(=O)N[C@]5(C(=O)NS(=O)(=O)C6(C)CC6)C[C@@H]5/C=C\CCCCC[C@H](Nc5cccc(F)c5)C(=O)N4C3)sc2c1. The van der Waals surface area contributed by atoms with Crippen LogP contribution in [-0.2, 0) is 24.4 Å². The van der Waals surface area contributed by atoms with Crippen molar-refractivity contribution in [1.82, 2.24) is 19.9 Å². The number of amides is 3.